The second-order valence-electron chi connectivity index (χ2n) is 26.4. The van der Waals surface area contributed by atoms with Crippen LogP contribution in [0.3, 0.4) is 0 Å². The lowest BCUT2D eigenvalue weighted by Crippen LogP contribution is -1.94. The van der Waals surface area contributed by atoms with Crippen LogP contribution in [0.5, 0.6) is 46.0 Å². The summed E-state index contributed by atoms with van der Waals surface area (Å²) in [5, 5.41) is 57.7. The molecule has 20 bridgehead atoms. The molecule has 0 heterocycles. The number of phenols is 4. The number of aromatic hydroxyl groups is 4. The summed E-state index contributed by atoms with van der Waals surface area (Å²) in [6.45, 7) is 21.6. The average molecular weight is 1430 g/mol. The van der Waals surface area contributed by atoms with Crippen molar-refractivity contribution in [3.8, 4) is 46.0 Å². The first-order chi connectivity index (χ1) is 53.3. The molecule has 0 amide bonds. The molecule has 4 N–H and O–H groups in total. The van der Waals surface area contributed by atoms with Crippen LogP contribution in [0.15, 0.2) is 158 Å². The van der Waals surface area contributed by atoms with E-state index in [-0.39, 0.29) is 23.0 Å². The number of aryl methyl sites for hydroxylation is 6. The number of phenolic OH excluding ortho intramolecular Hbond substituents is 4. The van der Waals surface area contributed by atoms with Gasteiger partial charge in [0.25, 0.3) is 0 Å². The normalized spacial score (nSPS) is 9.84. The van der Waals surface area contributed by atoms with Crippen molar-refractivity contribution in [2.45, 2.75) is 94.9 Å². The summed E-state index contributed by atoms with van der Waals surface area (Å²) < 4.78 is 24.8. The highest BCUT2D eigenvalue weighted by Gasteiger charge is 2.08. The fourth-order valence-corrected chi connectivity index (χ4v) is 11.5. The van der Waals surface area contributed by atoms with Gasteiger partial charge in [-0.2, -0.15) is 0 Å². The fraction of sp³-hybridized carbons (Fsp3) is 0.176. The molecule has 0 saturated carbocycles. The first kappa shape index (κ1) is 76.4. The van der Waals surface area contributed by atoms with Gasteiger partial charge >= 0.3 is 0 Å². The van der Waals surface area contributed by atoms with Gasteiger partial charge in [-0.3, -0.25) is 0 Å². The molecule has 0 radical (unpaired) electrons. The molecule has 20 aromatic carbocycles. The van der Waals surface area contributed by atoms with E-state index in [1.807, 2.05) is 178 Å². The van der Waals surface area contributed by atoms with Gasteiger partial charge in [0.05, 0.1) is 69.5 Å². The third kappa shape index (κ3) is 21.7. The van der Waals surface area contributed by atoms with Crippen LogP contribution in [0.4, 0.5) is 0 Å². The van der Waals surface area contributed by atoms with Crippen molar-refractivity contribution in [1.29, 1.82) is 0 Å². The first-order valence-corrected chi connectivity index (χ1v) is 36.2. The van der Waals surface area contributed by atoms with Gasteiger partial charge in [0, 0.05) is 113 Å². The minimum Gasteiger partial charge on any atom is -0.507 e. The number of hydrogen-bond donors (Lipinski definition) is 4. The Bertz CT molecular complexity index is 5290. The summed E-state index contributed by atoms with van der Waals surface area (Å²) in [7, 11) is 0. The van der Waals surface area contributed by atoms with E-state index < -0.39 is 0 Å². The van der Waals surface area contributed by atoms with Gasteiger partial charge in [-0.05, 0) is 234 Å². The molecule has 532 valence electrons. The molecule has 8 heteroatoms. The quantitative estimate of drug-likeness (QED) is 0.0956. The van der Waals surface area contributed by atoms with Crippen LogP contribution in [0.25, 0.3) is 108 Å². The Kier molecular flexibility index (Phi) is 25.6. The van der Waals surface area contributed by atoms with Gasteiger partial charge in [0.2, 0.25) is 0 Å². The van der Waals surface area contributed by atoms with Gasteiger partial charge in [-0.25, -0.2) is 0 Å². The molecular weight excluding hydrogens is 1350 g/mol. The number of rotatable bonds is 12. The summed E-state index contributed by atoms with van der Waals surface area (Å²) in [4.78, 5) is 0. The predicted molar refractivity (Wildman–Crippen MR) is 439 cm³/mol. The summed E-state index contributed by atoms with van der Waals surface area (Å²) in [6.07, 6.45) is 2.99. The Labute approximate surface area is 647 Å². The molecular formula is C102H76O8. The van der Waals surface area contributed by atoms with Crippen molar-refractivity contribution in [3.05, 3.63) is 337 Å². The summed E-state index contributed by atoms with van der Waals surface area (Å²) in [5.74, 6) is 1.71. The van der Waals surface area contributed by atoms with Crippen molar-refractivity contribution >= 4 is 108 Å². The summed E-state index contributed by atoms with van der Waals surface area (Å²) >= 11 is 0. The molecule has 0 atom stereocenters. The Hall–Kier alpha value is -14.7. The fourth-order valence-electron chi connectivity index (χ4n) is 11.5. The molecule has 0 aliphatic carbocycles. The minimum absolute atomic E-state index is 0.0564. The second-order valence-corrected chi connectivity index (χ2v) is 26.4. The average Bonchev–Trinajstić information content (AvgIpc) is 0.827. The van der Waals surface area contributed by atoms with Crippen LogP contribution in [0.2, 0.25) is 0 Å². The van der Waals surface area contributed by atoms with E-state index >= 15 is 0 Å². The maximum Gasteiger partial charge on any atom is 0.136 e. The van der Waals surface area contributed by atoms with Crippen LogP contribution in [0, 0.1) is 187 Å². The maximum atomic E-state index is 11.4. The van der Waals surface area contributed by atoms with E-state index in [1.165, 1.54) is 0 Å². The van der Waals surface area contributed by atoms with Gasteiger partial charge in [-0.1, -0.05) is 149 Å². The zero-order valence-electron chi connectivity index (χ0n) is 63.1. The molecule has 0 spiro atoms. The Balaban J connectivity index is 1.02. The highest BCUT2D eigenvalue weighted by molar-refractivity contribution is 5.82. The van der Waals surface area contributed by atoms with Gasteiger partial charge in [0.15, 0.2) is 0 Å². The van der Waals surface area contributed by atoms with E-state index in [9.17, 15) is 20.4 Å². The third-order valence-electron chi connectivity index (χ3n) is 16.4. The van der Waals surface area contributed by atoms with Gasteiger partial charge in [-0.15, -0.1) is 0 Å². The van der Waals surface area contributed by atoms with E-state index in [2.05, 4.69) is 146 Å². The lowest BCUT2D eigenvalue weighted by molar-refractivity contribution is 0.321. The lowest BCUT2D eigenvalue weighted by Gasteiger charge is -2.06. The molecule has 0 aliphatic rings. The minimum atomic E-state index is -0.0564. The van der Waals surface area contributed by atoms with E-state index in [1.54, 1.807) is 48.5 Å². The first-order valence-electron chi connectivity index (χ1n) is 36.2. The topological polar surface area (TPSA) is 118 Å². The van der Waals surface area contributed by atoms with Gasteiger partial charge in [0.1, 0.15) is 46.0 Å². The molecule has 20 aromatic rings. The van der Waals surface area contributed by atoms with Crippen LogP contribution in [0.1, 0.15) is 86.8 Å². The number of benzene rings is 10. The molecule has 0 saturated heterocycles. The zero-order chi connectivity index (χ0) is 77.5. The molecule has 0 fully saturated rings. The van der Waals surface area contributed by atoms with E-state index in [0.717, 1.165) is 80.6 Å². The van der Waals surface area contributed by atoms with Crippen LogP contribution < -0.4 is 18.9 Å². The molecule has 110 heavy (non-hydrogen) atoms. The SMILES string of the molecule is CCCOc1cc2c#cc3cc(C)cc(c#cc4cc(OCCC)c(c#cc5cc(C)cc(c#cc#cc6cc(C)cc(c#cc7cc(O)c(c#cc8cc(C)cc(c#cc9cc(OCCC)c(c#cc%10cc(C)cc(c#cc#cc%11cc(C)cc(c#cc1cc2O)c%11)c%10)cc9O)c8)cc7OCCC)c6)c5)cc4O)c3. The molecule has 8 nitrogen and oxygen atoms in total. The van der Waals surface area contributed by atoms with Gasteiger partial charge < -0.3 is 39.4 Å². The van der Waals surface area contributed by atoms with Crippen molar-refractivity contribution in [1.82, 2.24) is 0 Å². The smallest absolute Gasteiger partial charge is 0.136 e. The zero-order valence-corrected chi connectivity index (χ0v) is 63.1. The van der Waals surface area contributed by atoms with Crippen LogP contribution in [-0.4, -0.2) is 46.9 Å². The van der Waals surface area contributed by atoms with Crippen molar-refractivity contribution < 1.29 is 39.4 Å². The molecule has 0 aromatic heterocycles. The van der Waals surface area contributed by atoms with Crippen LogP contribution in [-0.2, 0) is 0 Å². The monoisotopic (exact) mass is 1430 g/mol. The standard InChI is InChI=1S/C102H76O8/c1-11-39-107-99-65-87-31-23-79-51-73(9)52-80(59-79)24-32-88-66-100(108-40-12-2)92(62-96(88)104)36-29-85-49-71(7)45-77(57-85)21-17-18-22-78-46-72(8)50-86(58-78)30-38-94-64-98(106)90(68-102(94)110-42-14-4)34-26-82-54-74(10)53-81(60-82)25-33-89-67-101(109-41-13-3)93(63-97(89)105)37-28-84-48-70(6)44-76(56-84)20-16-15-19-75-43-69(5)47-83(55-75)27-35-91(99)61-95(87)103/h43-68,103-106H,11-14,39-42H2,1-10H3. The van der Waals surface area contributed by atoms with E-state index in [4.69, 9.17) is 18.9 Å². The molecule has 0 unspecified atom stereocenters. The van der Waals surface area contributed by atoms with Crippen molar-refractivity contribution in [2.24, 2.45) is 0 Å². The Morgan fingerprint density at radius 1 is 0.191 bits per heavy atom. The number of ether oxygens (including phenoxy) is 4. The number of hydrogen-bond acceptors (Lipinski definition) is 8. The lowest BCUT2D eigenvalue weighted by atomic mass is 10.1. The highest BCUT2D eigenvalue weighted by Crippen LogP contribution is 2.32. The Morgan fingerprint density at radius 3 is 0.509 bits per heavy atom. The predicted octanol–water partition coefficient (Wildman–Crippen LogP) is 22.9. The second kappa shape index (κ2) is 36.8. The van der Waals surface area contributed by atoms with E-state index in [0.29, 0.717) is 136 Å². The maximum absolute atomic E-state index is 11.4. The third-order valence-corrected chi connectivity index (χ3v) is 16.4. The largest absolute Gasteiger partial charge is 0.507 e. The summed E-state index contributed by atoms with van der Waals surface area (Å²) in [5.41, 5.74) is 5.65. The van der Waals surface area contributed by atoms with Crippen molar-refractivity contribution in [3.63, 3.8) is 0 Å². The van der Waals surface area contributed by atoms with Crippen molar-refractivity contribution in [2.75, 3.05) is 26.4 Å². The molecule has 20 rings (SSSR count). The summed E-state index contributed by atoms with van der Waals surface area (Å²) in [6, 6.07) is 124. The van der Waals surface area contributed by atoms with Crippen LogP contribution >= 0.6 is 0 Å². The highest BCUT2D eigenvalue weighted by atomic mass is 16.5. The molecule has 0 aliphatic heterocycles. The Morgan fingerprint density at radius 2 is 0.345 bits per heavy atom.